The molecule has 0 bridgehead atoms. The summed E-state index contributed by atoms with van der Waals surface area (Å²) >= 11 is 2.83. The molecule has 0 fully saturated rings. The van der Waals surface area contributed by atoms with Gasteiger partial charge < -0.3 is 10.4 Å². The van der Waals surface area contributed by atoms with Crippen molar-refractivity contribution in [3.05, 3.63) is 27.7 Å². The largest absolute Gasteiger partial charge is 0.476 e. The van der Waals surface area contributed by atoms with Gasteiger partial charge in [0.05, 0.1) is 6.04 Å². The molecule has 1 atom stereocenters. The molecule has 0 aliphatic carbocycles. The molecule has 1 unspecified atom stereocenters. The van der Waals surface area contributed by atoms with Crippen LogP contribution in [0.3, 0.4) is 0 Å². The lowest BCUT2D eigenvalue weighted by atomic mass is 10.4. The minimum Gasteiger partial charge on any atom is -0.476 e. The maximum atomic E-state index is 10.6. The molecule has 2 aromatic rings. The number of anilines is 1. The number of carboxylic acid groups (broad SMARTS) is 1. The van der Waals surface area contributed by atoms with Gasteiger partial charge in [0.15, 0.2) is 10.8 Å². The molecule has 0 radical (unpaired) electrons. The van der Waals surface area contributed by atoms with Crippen molar-refractivity contribution in [2.24, 2.45) is 0 Å². The highest BCUT2D eigenvalue weighted by molar-refractivity contribution is 7.14. The summed E-state index contributed by atoms with van der Waals surface area (Å²) in [6.45, 7) is 1.96. The van der Waals surface area contributed by atoms with Crippen LogP contribution in [0.2, 0.25) is 0 Å². The van der Waals surface area contributed by atoms with Crippen LogP contribution in [0.15, 0.2) is 17.0 Å². The van der Waals surface area contributed by atoms with Gasteiger partial charge in [-0.15, -0.1) is 22.7 Å². The zero-order valence-corrected chi connectivity index (χ0v) is 10.0. The Bertz CT molecular complexity index is 481. The Balaban J connectivity index is 2.06. The van der Waals surface area contributed by atoms with Crippen molar-refractivity contribution < 1.29 is 9.90 Å². The number of thiazole rings is 2. The van der Waals surface area contributed by atoms with Crippen LogP contribution in [0.25, 0.3) is 0 Å². The lowest BCUT2D eigenvalue weighted by molar-refractivity contribution is 0.0691. The molecule has 2 rings (SSSR count). The molecule has 2 aromatic heterocycles. The SMILES string of the molecule is CC(Nc1nc(C(=O)O)cs1)c1nccs1. The van der Waals surface area contributed by atoms with E-state index in [2.05, 4.69) is 15.3 Å². The Hall–Kier alpha value is -1.47. The first-order valence-corrected chi connectivity index (χ1v) is 6.27. The van der Waals surface area contributed by atoms with Crippen LogP contribution < -0.4 is 5.32 Å². The summed E-state index contributed by atoms with van der Waals surface area (Å²) in [5.74, 6) is -1.01. The maximum Gasteiger partial charge on any atom is 0.355 e. The highest BCUT2D eigenvalue weighted by atomic mass is 32.1. The highest BCUT2D eigenvalue weighted by Crippen LogP contribution is 2.23. The summed E-state index contributed by atoms with van der Waals surface area (Å²) in [5.41, 5.74) is 0.0684. The average molecular weight is 255 g/mol. The first kappa shape index (κ1) is 11.0. The summed E-state index contributed by atoms with van der Waals surface area (Å²) in [5, 5.41) is 16.8. The Morgan fingerprint density at radius 1 is 1.56 bits per heavy atom. The van der Waals surface area contributed by atoms with E-state index in [1.807, 2.05) is 12.3 Å². The van der Waals surface area contributed by atoms with Gasteiger partial charge in [-0.2, -0.15) is 0 Å². The van der Waals surface area contributed by atoms with Gasteiger partial charge in [-0.3, -0.25) is 0 Å². The lowest BCUT2D eigenvalue weighted by Crippen LogP contribution is -2.06. The minimum atomic E-state index is -1.01. The predicted octanol–water partition coefficient (Wildman–Crippen LogP) is 2.47. The molecule has 0 aliphatic rings. The molecular formula is C9H9N3O2S2. The number of rotatable bonds is 4. The fourth-order valence-electron chi connectivity index (χ4n) is 1.13. The molecule has 0 amide bonds. The van der Waals surface area contributed by atoms with Crippen molar-refractivity contribution in [3.63, 3.8) is 0 Å². The van der Waals surface area contributed by atoms with Gasteiger partial charge in [0.2, 0.25) is 0 Å². The number of carboxylic acids is 1. The number of carbonyl (C=O) groups is 1. The van der Waals surface area contributed by atoms with E-state index in [-0.39, 0.29) is 11.7 Å². The van der Waals surface area contributed by atoms with E-state index in [4.69, 9.17) is 5.11 Å². The minimum absolute atomic E-state index is 0.0350. The monoisotopic (exact) mass is 255 g/mol. The molecule has 2 heterocycles. The molecule has 84 valence electrons. The van der Waals surface area contributed by atoms with E-state index in [9.17, 15) is 4.79 Å². The van der Waals surface area contributed by atoms with Gasteiger partial charge in [-0.25, -0.2) is 14.8 Å². The third kappa shape index (κ3) is 2.37. The number of hydrogen-bond acceptors (Lipinski definition) is 6. The summed E-state index contributed by atoms with van der Waals surface area (Å²) < 4.78 is 0. The molecule has 0 aliphatic heterocycles. The van der Waals surface area contributed by atoms with Crippen LogP contribution in [0.1, 0.15) is 28.5 Å². The van der Waals surface area contributed by atoms with Crippen LogP contribution in [-0.2, 0) is 0 Å². The van der Waals surface area contributed by atoms with Gasteiger partial charge in [0.1, 0.15) is 5.01 Å². The second-order valence-corrected chi connectivity index (χ2v) is 4.86. The Labute approximate surface area is 99.8 Å². The molecule has 7 heteroatoms. The molecule has 2 N–H and O–H groups in total. The number of hydrogen-bond donors (Lipinski definition) is 2. The van der Waals surface area contributed by atoms with Crippen LogP contribution in [0, 0.1) is 0 Å². The van der Waals surface area contributed by atoms with E-state index in [1.54, 1.807) is 17.5 Å². The van der Waals surface area contributed by atoms with E-state index in [1.165, 1.54) is 16.7 Å². The quantitative estimate of drug-likeness (QED) is 0.877. The van der Waals surface area contributed by atoms with Crippen molar-refractivity contribution >= 4 is 33.8 Å². The van der Waals surface area contributed by atoms with Gasteiger partial charge >= 0.3 is 5.97 Å². The third-order valence-corrected chi connectivity index (χ3v) is 3.62. The second kappa shape index (κ2) is 4.58. The van der Waals surface area contributed by atoms with E-state index < -0.39 is 5.97 Å². The molecule has 5 nitrogen and oxygen atoms in total. The Kier molecular flexibility index (Phi) is 3.16. The average Bonchev–Trinajstić information content (AvgIpc) is 2.87. The smallest absolute Gasteiger partial charge is 0.355 e. The normalized spacial score (nSPS) is 12.3. The number of aromatic nitrogens is 2. The van der Waals surface area contributed by atoms with Gasteiger partial charge in [0.25, 0.3) is 0 Å². The summed E-state index contributed by atoms with van der Waals surface area (Å²) in [6.07, 6.45) is 1.74. The Morgan fingerprint density at radius 3 is 2.94 bits per heavy atom. The predicted molar refractivity (Wildman–Crippen MR) is 63.2 cm³/mol. The first-order valence-electron chi connectivity index (χ1n) is 4.51. The number of nitrogens with zero attached hydrogens (tertiary/aromatic N) is 2. The standard InChI is InChI=1S/C9H9N3O2S2/c1-5(7-10-2-3-15-7)11-9-12-6(4-16-9)8(13)14/h2-5H,1H3,(H,11,12)(H,13,14). The van der Waals surface area contributed by atoms with Crippen molar-refractivity contribution in [2.75, 3.05) is 5.32 Å². The van der Waals surface area contributed by atoms with E-state index in [0.717, 1.165) is 5.01 Å². The molecular weight excluding hydrogens is 246 g/mol. The molecule has 16 heavy (non-hydrogen) atoms. The zero-order chi connectivity index (χ0) is 11.5. The Morgan fingerprint density at radius 2 is 2.38 bits per heavy atom. The van der Waals surface area contributed by atoms with Gasteiger partial charge in [-0.05, 0) is 6.92 Å². The van der Waals surface area contributed by atoms with Crippen molar-refractivity contribution in [1.29, 1.82) is 0 Å². The molecule has 0 aromatic carbocycles. The number of aromatic carboxylic acids is 1. The molecule has 0 spiro atoms. The van der Waals surface area contributed by atoms with Crippen LogP contribution in [-0.4, -0.2) is 21.0 Å². The summed E-state index contributed by atoms with van der Waals surface area (Å²) in [4.78, 5) is 18.7. The van der Waals surface area contributed by atoms with Crippen molar-refractivity contribution in [2.45, 2.75) is 13.0 Å². The third-order valence-electron chi connectivity index (χ3n) is 1.89. The first-order chi connectivity index (χ1) is 7.66. The maximum absolute atomic E-state index is 10.6. The number of nitrogens with one attached hydrogen (secondary N) is 1. The summed E-state index contributed by atoms with van der Waals surface area (Å²) in [6, 6.07) is 0.0350. The molecule has 0 saturated heterocycles. The van der Waals surface area contributed by atoms with Crippen LogP contribution in [0.5, 0.6) is 0 Å². The van der Waals surface area contributed by atoms with Crippen LogP contribution >= 0.6 is 22.7 Å². The van der Waals surface area contributed by atoms with Crippen LogP contribution in [0.4, 0.5) is 5.13 Å². The van der Waals surface area contributed by atoms with Crippen molar-refractivity contribution in [1.82, 2.24) is 9.97 Å². The fraction of sp³-hybridized carbons (Fsp3) is 0.222. The lowest BCUT2D eigenvalue weighted by Gasteiger charge is -2.08. The van der Waals surface area contributed by atoms with Crippen molar-refractivity contribution in [3.8, 4) is 0 Å². The molecule has 0 saturated carbocycles. The highest BCUT2D eigenvalue weighted by Gasteiger charge is 2.12. The zero-order valence-electron chi connectivity index (χ0n) is 8.38. The topological polar surface area (TPSA) is 75.1 Å². The van der Waals surface area contributed by atoms with E-state index in [0.29, 0.717) is 5.13 Å². The summed E-state index contributed by atoms with van der Waals surface area (Å²) in [7, 11) is 0. The van der Waals surface area contributed by atoms with Gasteiger partial charge in [0, 0.05) is 17.0 Å². The second-order valence-electron chi connectivity index (χ2n) is 3.08. The fourth-order valence-corrected chi connectivity index (χ4v) is 2.55. The van der Waals surface area contributed by atoms with Gasteiger partial charge in [-0.1, -0.05) is 0 Å². The van der Waals surface area contributed by atoms with E-state index >= 15 is 0 Å².